The second-order valence-electron chi connectivity index (χ2n) is 3.21. The zero-order valence-electron chi connectivity index (χ0n) is 7.37. The van der Waals surface area contributed by atoms with Crippen molar-refractivity contribution in [3.63, 3.8) is 0 Å². The highest BCUT2D eigenvalue weighted by molar-refractivity contribution is 5.75. The third kappa shape index (κ3) is 1.20. The number of nitrogens with one attached hydrogen (secondary N) is 2. The molecule has 0 spiro atoms. The van der Waals surface area contributed by atoms with Crippen LogP contribution in [0, 0.1) is 0 Å². The van der Waals surface area contributed by atoms with E-state index in [1.54, 1.807) is 0 Å². The van der Waals surface area contributed by atoms with Crippen LogP contribution in [-0.4, -0.2) is 43.3 Å². The first kappa shape index (κ1) is 7.67. The SMILES string of the molecule is CC1NN=C(N(C)C2CNC2)O1. The molecule has 0 amide bonds. The van der Waals surface area contributed by atoms with Gasteiger partial charge in [-0.1, -0.05) is 0 Å². The first-order valence-corrected chi connectivity index (χ1v) is 4.21. The average molecular weight is 170 g/mol. The van der Waals surface area contributed by atoms with Gasteiger partial charge < -0.3 is 15.0 Å². The molecule has 68 valence electrons. The number of nitrogens with zero attached hydrogens (tertiary/aromatic N) is 2. The third-order valence-corrected chi connectivity index (χ3v) is 2.23. The van der Waals surface area contributed by atoms with Crippen LogP contribution in [0.3, 0.4) is 0 Å². The highest BCUT2D eigenvalue weighted by Gasteiger charge is 2.28. The summed E-state index contributed by atoms with van der Waals surface area (Å²) < 4.78 is 5.42. The molecule has 0 saturated carbocycles. The summed E-state index contributed by atoms with van der Waals surface area (Å²) in [5.41, 5.74) is 2.86. The second kappa shape index (κ2) is 2.82. The molecule has 1 saturated heterocycles. The molecule has 5 nitrogen and oxygen atoms in total. The molecule has 2 heterocycles. The average Bonchev–Trinajstić information content (AvgIpc) is 2.31. The van der Waals surface area contributed by atoms with Crippen LogP contribution in [0.1, 0.15) is 6.92 Å². The Morgan fingerprint density at radius 3 is 2.75 bits per heavy atom. The maximum absolute atomic E-state index is 5.42. The fraction of sp³-hybridized carbons (Fsp3) is 0.857. The van der Waals surface area contributed by atoms with E-state index in [1.165, 1.54) is 0 Å². The van der Waals surface area contributed by atoms with Crippen molar-refractivity contribution < 1.29 is 4.74 Å². The van der Waals surface area contributed by atoms with Gasteiger partial charge in [0.15, 0.2) is 6.23 Å². The first-order valence-electron chi connectivity index (χ1n) is 4.21. The molecule has 2 aliphatic heterocycles. The van der Waals surface area contributed by atoms with Gasteiger partial charge in [-0.05, 0) is 6.92 Å². The molecule has 2 aliphatic rings. The lowest BCUT2D eigenvalue weighted by atomic mass is 10.1. The molecule has 0 aromatic rings. The predicted octanol–water partition coefficient (Wildman–Crippen LogP) is -0.873. The second-order valence-corrected chi connectivity index (χ2v) is 3.21. The van der Waals surface area contributed by atoms with E-state index in [-0.39, 0.29) is 6.23 Å². The van der Waals surface area contributed by atoms with Gasteiger partial charge in [-0.2, -0.15) is 0 Å². The molecule has 0 radical (unpaired) electrons. The van der Waals surface area contributed by atoms with Crippen molar-refractivity contribution in [3.8, 4) is 0 Å². The van der Waals surface area contributed by atoms with Gasteiger partial charge >= 0.3 is 6.02 Å². The molecule has 0 aliphatic carbocycles. The van der Waals surface area contributed by atoms with E-state index < -0.39 is 0 Å². The van der Waals surface area contributed by atoms with Crippen LogP contribution in [0.5, 0.6) is 0 Å². The van der Waals surface area contributed by atoms with Gasteiger partial charge in [0, 0.05) is 20.1 Å². The Labute approximate surface area is 71.8 Å². The van der Waals surface area contributed by atoms with Gasteiger partial charge in [0.05, 0.1) is 6.04 Å². The summed E-state index contributed by atoms with van der Waals surface area (Å²) >= 11 is 0. The van der Waals surface area contributed by atoms with Crippen LogP contribution in [-0.2, 0) is 4.74 Å². The van der Waals surface area contributed by atoms with Gasteiger partial charge in [-0.25, -0.2) is 0 Å². The van der Waals surface area contributed by atoms with Crippen LogP contribution in [0.2, 0.25) is 0 Å². The molecular weight excluding hydrogens is 156 g/mol. The van der Waals surface area contributed by atoms with Crippen LogP contribution in [0.15, 0.2) is 5.10 Å². The van der Waals surface area contributed by atoms with Gasteiger partial charge in [0.1, 0.15) is 0 Å². The maximum atomic E-state index is 5.42. The molecule has 2 rings (SSSR count). The van der Waals surface area contributed by atoms with Crippen LogP contribution < -0.4 is 10.7 Å². The minimum Gasteiger partial charge on any atom is -0.439 e. The molecule has 0 aromatic carbocycles. The monoisotopic (exact) mass is 170 g/mol. The number of rotatable bonds is 1. The van der Waals surface area contributed by atoms with E-state index in [4.69, 9.17) is 4.74 Å². The number of amidine groups is 1. The Morgan fingerprint density at radius 2 is 2.33 bits per heavy atom. The quantitative estimate of drug-likeness (QED) is 0.537. The summed E-state index contributed by atoms with van der Waals surface area (Å²) in [5.74, 6) is 0. The largest absolute Gasteiger partial charge is 0.439 e. The van der Waals surface area contributed by atoms with Crippen molar-refractivity contribution in [1.29, 1.82) is 0 Å². The summed E-state index contributed by atoms with van der Waals surface area (Å²) in [6.45, 7) is 3.98. The van der Waals surface area contributed by atoms with E-state index in [2.05, 4.69) is 20.7 Å². The number of hydrogen-bond acceptors (Lipinski definition) is 5. The van der Waals surface area contributed by atoms with Crippen molar-refractivity contribution in [2.75, 3.05) is 20.1 Å². The lowest BCUT2D eigenvalue weighted by Gasteiger charge is -2.35. The minimum atomic E-state index is 0.00971. The fourth-order valence-corrected chi connectivity index (χ4v) is 1.22. The smallest absolute Gasteiger partial charge is 0.311 e. The zero-order valence-corrected chi connectivity index (χ0v) is 7.37. The van der Waals surface area contributed by atoms with E-state index in [1.807, 2.05) is 14.0 Å². The Hall–Kier alpha value is -0.970. The topological polar surface area (TPSA) is 48.9 Å². The highest BCUT2D eigenvalue weighted by Crippen LogP contribution is 2.08. The molecule has 5 heteroatoms. The fourth-order valence-electron chi connectivity index (χ4n) is 1.22. The summed E-state index contributed by atoms with van der Waals surface area (Å²) in [6, 6.07) is 1.24. The molecule has 12 heavy (non-hydrogen) atoms. The van der Waals surface area contributed by atoms with E-state index in [0.29, 0.717) is 12.1 Å². The molecule has 2 N–H and O–H groups in total. The Kier molecular flexibility index (Phi) is 1.80. The van der Waals surface area contributed by atoms with Crippen molar-refractivity contribution in [3.05, 3.63) is 0 Å². The van der Waals surface area contributed by atoms with Gasteiger partial charge in [-0.15, -0.1) is 5.10 Å². The standard InChI is InChI=1S/C7H14N4O/c1-5-9-10-7(12-5)11(2)6-3-8-4-6/h5-6,8-9H,3-4H2,1-2H3. The van der Waals surface area contributed by atoms with Gasteiger partial charge in [0.2, 0.25) is 0 Å². The Morgan fingerprint density at radius 1 is 1.58 bits per heavy atom. The van der Waals surface area contributed by atoms with Gasteiger partial charge in [-0.3, -0.25) is 5.43 Å². The third-order valence-electron chi connectivity index (χ3n) is 2.23. The van der Waals surface area contributed by atoms with Crippen LogP contribution >= 0.6 is 0 Å². The molecule has 1 atom stereocenters. The van der Waals surface area contributed by atoms with E-state index >= 15 is 0 Å². The lowest BCUT2D eigenvalue weighted by molar-refractivity contribution is 0.153. The van der Waals surface area contributed by atoms with Crippen molar-refractivity contribution in [2.45, 2.75) is 19.2 Å². The first-order chi connectivity index (χ1) is 5.77. The maximum Gasteiger partial charge on any atom is 0.311 e. The number of hydrogen-bond donors (Lipinski definition) is 2. The zero-order chi connectivity index (χ0) is 8.55. The molecule has 1 unspecified atom stereocenters. The van der Waals surface area contributed by atoms with Crippen molar-refractivity contribution in [2.24, 2.45) is 5.10 Å². The molecule has 1 fully saturated rings. The minimum absolute atomic E-state index is 0.00971. The summed E-state index contributed by atoms with van der Waals surface area (Å²) in [4.78, 5) is 2.06. The van der Waals surface area contributed by atoms with E-state index in [9.17, 15) is 0 Å². The number of ether oxygens (including phenoxy) is 1. The summed E-state index contributed by atoms with van der Waals surface area (Å²) in [7, 11) is 2.00. The van der Waals surface area contributed by atoms with Crippen molar-refractivity contribution >= 4 is 6.02 Å². The number of likely N-dealkylation sites (N-methyl/N-ethyl adjacent to an activating group) is 1. The van der Waals surface area contributed by atoms with Crippen LogP contribution in [0.4, 0.5) is 0 Å². The molecule has 0 bridgehead atoms. The summed E-state index contributed by atoms with van der Waals surface area (Å²) in [5, 5.41) is 7.27. The predicted molar refractivity (Wildman–Crippen MR) is 45.5 cm³/mol. The van der Waals surface area contributed by atoms with Crippen LogP contribution in [0.25, 0.3) is 0 Å². The Bertz CT molecular complexity index is 202. The van der Waals surface area contributed by atoms with E-state index in [0.717, 1.165) is 13.1 Å². The lowest BCUT2D eigenvalue weighted by Crippen LogP contribution is -2.57. The molecular formula is C7H14N4O. The van der Waals surface area contributed by atoms with Gasteiger partial charge in [0.25, 0.3) is 0 Å². The highest BCUT2D eigenvalue weighted by atomic mass is 16.5. The Balaban J connectivity index is 1.91. The normalized spacial score (nSPS) is 28.5. The molecule has 0 aromatic heterocycles. The van der Waals surface area contributed by atoms with Crippen molar-refractivity contribution in [1.82, 2.24) is 15.6 Å². The summed E-state index contributed by atoms with van der Waals surface area (Å²) in [6.07, 6.45) is 0.00971. The number of hydrazone groups is 1.